The molecule has 2 aromatic carbocycles. The van der Waals surface area contributed by atoms with Crippen LogP contribution in [0, 0.1) is 29.0 Å². The molecule has 0 spiro atoms. The van der Waals surface area contributed by atoms with Gasteiger partial charge in [-0.15, -0.1) is 5.92 Å². The molecule has 0 saturated carbocycles. The maximum atomic E-state index is 14.6. The van der Waals surface area contributed by atoms with Gasteiger partial charge in [-0.1, -0.05) is 12.0 Å². The van der Waals surface area contributed by atoms with E-state index in [1.54, 1.807) is 31.2 Å². The predicted octanol–water partition coefficient (Wildman–Crippen LogP) is 2.22. The molecule has 1 aliphatic heterocycles. The van der Waals surface area contributed by atoms with Crippen molar-refractivity contribution in [3.8, 4) is 17.9 Å². The Hall–Kier alpha value is -4.50. The smallest absolute Gasteiger partial charge is 0.272 e. The SMILES string of the molecule is CC#Cc1ccc2c(=O)[nH]nc(Cc3ccc(F)c(C(=O)N4CCN(C(=O)CC#N)CC4)c3)c2c1. The number of amides is 2. The molecular weight excluding hydrogens is 449 g/mol. The number of carbonyl (C=O) groups is 2. The summed E-state index contributed by atoms with van der Waals surface area (Å²) in [6, 6.07) is 11.4. The number of carbonyl (C=O) groups excluding carboxylic acids is 2. The molecule has 0 bridgehead atoms. The largest absolute Gasteiger partial charge is 0.338 e. The Kier molecular flexibility index (Phi) is 6.88. The average molecular weight is 471 g/mol. The van der Waals surface area contributed by atoms with Crippen molar-refractivity contribution < 1.29 is 14.0 Å². The molecule has 0 radical (unpaired) electrons. The van der Waals surface area contributed by atoms with E-state index in [0.29, 0.717) is 35.1 Å². The van der Waals surface area contributed by atoms with Crippen molar-refractivity contribution in [1.82, 2.24) is 20.0 Å². The molecule has 9 heteroatoms. The molecular formula is C26H22FN5O3. The molecule has 2 heterocycles. The summed E-state index contributed by atoms with van der Waals surface area (Å²) in [5.74, 6) is 4.42. The second-order valence-corrected chi connectivity index (χ2v) is 8.13. The number of fused-ring (bicyclic) bond motifs is 1. The molecule has 4 rings (SSSR count). The second kappa shape index (κ2) is 10.2. The Bertz CT molecular complexity index is 1470. The highest BCUT2D eigenvalue weighted by molar-refractivity contribution is 5.95. The van der Waals surface area contributed by atoms with Crippen LogP contribution in [0.15, 0.2) is 41.2 Å². The monoisotopic (exact) mass is 471 g/mol. The van der Waals surface area contributed by atoms with Crippen LogP contribution in [0.5, 0.6) is 0 Å². The maximum Gasteiger partial charge on any atom is 0.272 e. The van der Waals surface area contributed by atoms with E-state index in [-0.39, 0.29) is 43.0 Å². The quantitative estimate of drug-likeness (QED) is 0.587. The van der Waals surface area contributed by atoms with Crippen LogP contribution in [0.2, 0.25) is 0 Å². The molecule has 0 atom stereocenters. The van der Waals surface area contributed by atoms with E-state index in [9.17, 15) is 18.8 Å². The first-order valence-corrected chi connectivity index (χ1v) is 11.1. The van der Waals surface area contributed by atoms with Crippen LogP contribution in [0.1, 0.15) is 40.5 Å². The number of piperazine rings is 1. The number of benzene rings is 2. The summed E-state index contributed by atoms with van der Waals surface area (Å²) >= 11 is 0. The summed E-state index contributed by atoms with van der Waals surface area (Å²) in [6.07, 6.45) is 0.0673. The van der Waals surface area contributed by atoms with Crippen LogP contribution in [0.25, 0.3) is 10.8 Å². The fourth-order valence-electron chi connectivity index (χ4n) is 4.12. The number of nitriles is 1. The number of halogens is 1. The highest BCUT2D eigenvalue weighted by atomic mass is 19.1. The minimum atomic E-state index is -0.637. The second-order valence-electron chi connectivity index (χ2n) is 8.13. The van der Waals surface area contributed by atoms with E-state index in [1.165, 1.54) is 21.9 Å². The first kappa shape index (κ1) is 23.7. The van der Waals surface area contributed by atoms with Gasteiger partial charge in [-0.2, -0.15) is 10.4 Å². The predicted molar refractivity (Wildman–Crippen MR) is 127 cm³/mol. The summed E-state index contributed by atoms with van der Waals surface area (Å²) < 4.78 is 14.6. The zero-order chi connectivity index (χ0) is 24.9. The fourth-order valence-corrected chi connectivity index (χ4v) is 4.12. The Morgan fingerprint density at radius 3 is 2.54 bits per heavy atom. The lowest BCUT2D eigenvalue weighted by molar-refractivity contribution is -0.131. The third-order valence-corrected chi connectivity index (χ3v) is 5.92. The molecule has 2 amide bonds. The Balaban J connectivity index is 1.58. The molecule has 8 nitrogen and oxygen atoms in total. The van der Waals surface area contributed by atoms with Gasteiger partial charge in [-0.05, 0) is 42.8 Å². The van der Waals surface area contributed by atoms with Crippen molar-refractivity contribution >= 4 is 22.6 Å². The normalized spacial score (nSPS) is 13.2. The number of hydrogen-bond acceptors (Lipinski definition) is 5. The van der Waals surface area contributed by atoms with Crippen LogP contribution < -0.4 is 5.56 Å². The van der Waals surface area contributed by atoms with Crippen LogP contribution in [0.3, 0.4) is 0 Å². The number of hydrogen-bond donors (Lipinski definition) is 1. The van der Waals surface area contributed by atoms with Crippen molar-refractivity contribution in [3.63, 3.8) is 0 Å². The molecule has 35 heavy (non-hydrogen) atoms. The Morgan fingerprint density at radius 2 is 1.83 bits per heavy atom. The maximum absolute atomic E-state index is 14.6. The number of aromatic nitrogens is 2. The van der Waals surface area contributed by atoms with E-state index < -0.39 is 11.7 Å². The third kappa shape index (κ3) is 5.04. The summed E-state index contributed by atoms with van der Waals surface area (Å²) in [7, 11) is 0. The van der Waals surface area contributed by atoms with Gasteiger partial charge in [0.15, 0.2) is 0 Å². The molecule has 0 unspecified atom stereocenters. The molecule has 1 aliphatic rings. The van der Waals surface area contributed by atoms with E-state index >= 15 is 0 Å². The van der Waals surface area contributed by atoms with E-state index in [0.717, 1.165) is 5.56 Å². The van der Waals surface area contributed by atoms with Gasteiger partial charge in [0.05, 0.1) is 22.7 Å². The van der Waals surface area contributed by atoms with Gasteiger partial charge in [-0.25, -0.2) is 9.49 Å². The summed E-state index contributed by atoms with van der Waals surface area (Å²) in [5.41, 5.74) is 1.60. The summed E-state index contributed by atoms with van der Waals surface area (Å²) in [6.45, 7) is 2.83. The van der Waals surface area contributed by atoms with Crippen LogP contribution >= 0.6 is 0 Å². The van der Waals surface area contributed by atoms with E-state index in [2.05, 4.69) is 22.0 Å². The van der Waals surface area contributed by atoms with Crippen LogP contribution in [-0.4, -0.2) is 58.0 Å². The lowest BCUT2D eigenvalue weighted by atomic mass is 10.0. The zero-order valence-corrected chi connectivity index (χ0v) is 19.1. The molecule has 1 N–H and O–H groups in total. The fraction of sp³-hybridized carbons (Fsp3) is 0.269. The number of rotatable bonds is 4. The number of H-pyrrole nitrogens is 1. The molecule has 1 fully saturated rings. The summed E-state index contributed by atoms with van der Waals surface area (Å²) in [4.78, 5) is 40.2. The highest BCUT2D eigenvalue weighted by Gasteiger charge is 2.26. The lowest BCUT2D eigenvalue weighted by Crippen LogP contribution is -2.50. The van der Waals surface area contributed by atoms with Crippen LogP contribution in [-0.2, 0) is 11.2 Å². The zero-order valence-electron chi connectivity index (χ0n) is 19.1. The number of aromatic amines is 1. The first-order chi connectivity index (χ1) is 16.9. The first-order valence-electron chi connectivity index (χ1n) is 11.1. The van der Waals surface area contributed by atoms with Crippen molar-refractivity contribution in [1.29, 1.82) is 5.26 Å². The van der Waals surface area contributed by atoms with Crippen LogP contribution in [0.4, 0.5) is 4.39 Å². The Labute approximate surface area is 201 Å². The van der Waals surface area contributed by atoms with Gasteiger partial charge >= 0.3 is 0 Å². The van der Waals surface area contributed by atoms with Gasteiger partial charge in [0, 0.05) is 43.5 Å². The third-order valence-electron chi connectivity index (χ3n) is 5.92. The molecule has 176 valence electrons. The number of nitrogens with one attached hydrogen (secondary N) is 1. The van der Waals surface area contributed by atoms with Crippen molar-refractivity contribution in [2.24, 2.45) is 0 Å². The minimum absolute atomic E-state index is 0.0643. The van der Waals surface area contributed by atoms with Gasteiger partial charge < -0.3 is 9.80 Å². The van der Waals surface area contributed by atoms with Gasteiger partial charge in [0.25, 0.3) is 11.5 Å². The lowest BCUT2D eigenvalue weighted by Gasteiger charge is -2.34. The Morgan fingerprint density at radius 1 is 1.09 bits per heavy atom. The molecule has 1 saturated heterocycles. The van der Waals surface area contributed by atoms with Gasteiger partial charge in [0.2, 0.25) is 5.91 Å². The standard InChI is InChI=1S/C26H22FN5O3/c1-2-3-17-4-6-19-20(14-17)23(29-30-25(19)34)16-18-5-7-22(27)21(15-18)26(35)32-12-10-31(11-13-32)24(33)8-9-28/h4-7,14-15H,8,10-13,16H2,1H3,(H,30,34). The minimum Gasteiger partial charge on any atom is -0.338 e. The highest BCUT2D eigenvalue weighted by Crippen LogP contribution is 2.21. The number of nitrogens with zero attached hydrogens (tertiary/aromatic N) is 4. The van der Waals surface area contributed by atoms with Gasteiger partial charge in [0.1, 0.15) is 12.2 Å². The average Bonchev–Trinajstić information content (AvgIpc) is 2.87. The van der Waals surface area contributed by atoms with E-state index in [4.69, 9.17) is 5.26 Å². The van der Waals surface area contributed by atoms with Crippen molar-refractivity contribution in [3.05, 3.63) is 75.0 Å². The topological polar surface area (TPSA) is 110 Å². The van der Waals surface area contributed by atoms with E-state index in [1.807, 2.05) is 6.07 Å². The van der Waals surface area contributed by atoms with Crippen molar-refractivity contribution in [2.45, 2.75) is 19.8 Å². The summed E-state index contributed by atoms with van der Waals surface area (Å²) in [5, 5.41) is 16.5. The molecule has 3 aromatic rings. The molecule has 1 aromatic heterocycles. The van der Waals surface area contributed by atoms with Gasteiger partial charge in [-0.3, -0.25) is 14.4 Å². The van der Waals surface area contributed by atoms with Crippen molar-refractivity contribution in [2.75, 3.05) is 26.2 Å². The molecule has 0 aliphatic carbocycles.